The number of alkyl halides is 3. The smallest absolute Gasteiger partial charge is 0.310 e. The van der Waals surface area contributed by atoms with Crippen LogP contribution in [0.1, 0.15) is 42.6 Å². The highest BCUT2D eigenvalue weighted by Gasteiger charge is 2.37. The number of aromatic nitrogens is 2. The second-order valence-corrected chi connectivity index (χ2v) is 4.26. The fourth-order valence-electron chi connectivity index (χ4n) is 2.22. The van der Waals surface area contributed by atoms with Gasteiger partial charge in [-0.2, -0.15) is 18.2 Å². The first kappa shape index (κ1) is 12.1. The zero-order chi connectivity index (χ0) is 12.5. The second-order valence-electron chi connectivity index (χ2n) is 4.26. The minimum atomic E-state index is -4.54. The van der Waals surface area contributed by atoms with Gasteiger partial charge in [-0.15, -0.1) is 0 Å². The van der Waals surface area contributed by atoms with Crippen LogP contribution in [0.3, 0.4) is 0 Å². The third-order valence-corrected chi connectivity index (χ3v) is 2.99. The summed E-state index contributed by atoms with van der Waals surface area (Å²) in [5, 5.41) is 0. The summed E-state index contributed by atoms with van der Waals surface area (Å²) in [6, 6.07) is 0. The first-order valence-electron chi connectivity index (χ1n) is 5.68. The van der Waals surface area contributed by atoms with Gasteiger partial charge in [0, 0.05) is 11.3 Å². The Bertz CT molecular complexity index is 465. The Hall–Kier alpha value is -1.33. The largest absolute Gasteiger partial charge is 0.433 e. The molecule has 0 radical (unpaired) electrons. The van der Waals surface area contributed by atoms with E-state index in [1.54, 1.807) is 0 Å². The molecule has 2 rings (SSSR count). The number of rotatable bonds is 0. The van der Waals surface area contributed by atoms with Crippen molar-refractivity contribution in [2.75, 3.05) is 0 Å². The van der Waals surface area contributed by atoms with Gasteiger partial charge in [0.15, 0.2) is 5.69 Å². The summed E-state index contributed by atoms with van der Waals surface area (Å²) in [7, 11) is 0. The van der Waals surface area contributed by atoms with E-state index in [-0.39, 0.29) is 5.56 Å². The predicted octanol–water partition coefficient (Wildman–Crippen LogP) is 2.45. The van der Waals surface area contributed by atoms with E-state index in [1.165, 1.54) is 0 Å². The third-order valence-electron chi connectivity index (χ3n) is 2.99. The number of hydrogen-bond acceptors (Lipinski definition) is 2. The molecule has 0 amide bonds. The van der Waals surface area contributed by atoms with Crippen molar-refractivity contribution < 1.29 is 13.2 Å². The quantitative estimate of drug-likeness (QED) is 0.764. The number of nitrogens with one attached hydrogen (secondary N) is 1. The number of halogens is 3. The van der Waals surface area contributed by atoms with Crippen LogP contribution in [0.2, 0.25) is 0 Å². The summed E-state index contributed by atoms with van der Waals surface area (Å²) in [5.74, 6) is 0. The van der Waals surface area contributed by atoms with Crippen molar-refractivity contribution in [1.29, 1.82) is 0 Å². The summed E-state index contributed by atoms with van der Waals surface area (Å²) in [6.45, 7) is 0. The number of aromatic amines is 1. The number of fused-ring (bicyclic) bond motifs is 1. The summed E-state index contributed by atoms with van der Waals surface area (Å²) >= 11 is 0. The number of hydrogen-bond donors (Lipinski definition) is 1. The Labute approximate surface area is 96.1 Å². The van der Waals surface area contributed by atoms with Crippen LogP contribution in [-0.4, -0.2) is 9.97 Å². The summed E-state index contributed by atoms with van der Waals surface area (Å²) in [5.41, 5.74) is -1.32. The van der Waals surface area contributed by atoms with Crippen LogP contribution in [0.15, 0.2) is 4.79 Å². The van der Waals surface area contributed by atoms with Gasteiger partial charge in [0.05, 0.1) is 0 Å². The van der Waals surface area contributed by atoms with Crippen LogP contribution >= 0.6 is 0 Å². The number of H-pyrrole nitrogens is 1. The molecule has 0 spiro atoms. The molecule has 0 saturated carbocycles. The van der Waals surface area contributed by atoms with Crippen molar-refractivity contribution in [3.8, 4) is 0 Å². The van der Waals surface area contributed by atoms with Crippen LogP contribution in [0, 0.1) is 0 Å². The highest BCUT2D eigenvalue weighted by atomic mass is 19.4. The molecule has 1 aromatic rings. The fraction of sp³-hybridized carbons (Fsp3) is 0.636. The maximum atomic E-state index is 12.8. The van der Waals surface area contributed by atoms with E-state index >= 15 is 0 Å². The van der Waals surface area contributed by atoms with Gasteiger partial charge in [0.2, 0.25) is 0 Å². The molecule has 3 nitrogen and oxygen atoms in total. The molecule has 0 saturated heterocycles. The normalized spacial score (nSPS) is 17.1. The van der Waals surface area contributed by atoms with E-state index in [4.69, 9.17) is 0 Å². The van der Waals surface area contributed by atoms with E-state index in [1.807, 2.05) is 0 Å². The Morgan fingerprint density at radius 2 is 1.71 bits per heavy atom. The topological polar surface area (TPSA) is 45.8 Å². The molecule has 6 heteroatoms. The van der Waals surface area contributed by atoms with Crippen LogP contribution in [-0.2, 0) is 19.0 Å². The molecule has 1 aliphatic rings. The van der Waals surface area contributed by atoms with Gasteiger partial charge in [-0.25, -0.2) is 4.79 Å². The molecule has 1 aromatic heterocycles. The highest BCUT2D eigenvalue weighted by Crippen LogP contribution is 2.32. The van der Waals surface area contributed by atoms with E-state index in [2.05, 4.69) is 9.97 Å². The molecule has 94 valence electrons. The van der Waals surface area contributed by atoms with Crippen LogP contribution in [0.25, 0.3) is 0 Å². The Kier molecular flexibility index (Phi) is 3.22. The average Bonchev–Trinajstić information content (AvgIpc) is 2.18. The summed E-state index contributed by atoms with van der Waals surface area (Å²) in [6.07, 6.45) is -0.267. The lowest BCUT2D eigenvalue weighted by Gasteiger charge is -2.17. The van der Waals surface area contributed by atoms with Crippen molar-refractivity contribution in [3.63, 3.8) is 0 Å². The molecule has 1 heterocycles. The fourth-order valence-corrected chi connectivity index (χ4v) is 2.22. The van der Waals surface area contributed by atoms with Crippen LogP contribution in [0.5, 0.6) is 0 Å². The lowest BCUT2D eigenvalue weighted by molar-refractivity contribution is -0.142. The van der Waals surface area contributed by atoms with Gasteiger partial charge < -0.3 is 4.98 Å². The van der Waals surface area contributed by atoms with Crippen LogP contribution in [0.4, 0.5) is 13.2 Å². The van der Waals surface area contributed by atoms with Crippen LogP contribution < -0.4 is 5.69 Å². The molecule has 0 fully saturated rings. The lowest BCUT2D eigenvalue weighted by Crippen LogP contribution is -2.25. The Balaban J connectivity index is 2.55. The van der Waals surface area contributed by atoms with E-state index in [9.17, 15) is 18.0 Å². The molecule has 1 N–H and O–H groups in total. The Morgan fingerprint density at radius 3 is 2.35 bits per heavy atom. The minimum Gasteiger partial charge on any atom is -0.310 e. The van der Waals surface area contributed by atoms with E-state index in [0.29, 0.717) is 25.0 Å². The van der Waals surface area contributed by atoms with Gasteiger partial charge >= 0.3 is 11.9 Å². The molecule has 0 aromatic carbocycles. The molecular formula is C11H13F3N2O. The van der Waals surface area contributed by atoms with Gasteiger partial charge in [0.25, 0.3) is 0 Å². The first-order valence-corrected chi connectivity index (χ1v) is 5.68. The van der Waals surface area contributed by atoms with Crippen molar-refractivity contribution in [2.24, 2.45) is 0 Å². The van der Waals surface area contributed by atoms with E-state index in [0.717, 1.165) is 19.3 Å². The molecule has 0 atom stereocenters. The van der Waals surface area contributed by atoms with Gasteiger partial charge in [0.1, 0.15) is 0 Å². The van der Waals surface area contributed by atoms with E-state index < -0.39 is 17.6 Å². The maximum Gasteiger partial charge on any atom is 0.433 e. The van der Waals surface area contributed by atoms with Gasteiger partial charge in [-0.1, -0.05) is 12.8 Å². The lowest BCUT2D eigenvalue weighted by atomic mass is 9.96. The molecule has 1 aliphatic carbocycles. The van der Waals surface area contributed by atoms with Gasteiger partial charge in [-0.05, 0) is 25.7 Å². The monoisotopic (exact) mass is 246 g/mol. The maximum absolute atomic E-state index is 12.8. The number of nitrogens with zero attached hydrogens (tertiary/aromatic N) is 1. The molecule has 0 bridgehead atoms. The summed E-state index contributed by atoms with van der Waals surface area (Å²) < 4.78 is 38.3. The molecule has 0 unspecified atom stereocenters. The first-order chi connectivity index (χ1) is 7.98. The molecule has 0 aliphatic heterocycles. The van der Waals surface area contributed by atoms with Crippen molar-refractivity contribution in [1.82, 2.24) is 9.97 Å². The average molecular weight is 246 g/mol. The number of aryl methyl sites for hydroxylation is 1. The van der Waals surface area contributed by atoms with Crippen molar-refractivity contribution >= 4 is 0 Å². The zero-order valence-corrected chi connectivity index (χ0v) is 9.23. The van der Waals surface area contributed by atoms with Crippen molar-refractivity contribution in [2.45, 2.75) is 44.7 Å². The Morgan fingerprint density at radius 1 is 1.06 bits per heavy atom. The highest BCUT2D eigenvalue weighted by molar-refractivity contribution is 5.27. The third kappa shape index (κ3) is 2.68. The zero-order valence-electron chi connectivity index (χ0n) is 9.23. The standard InChI is InChI=1S/C11H13F3N2O/c12-11(13,14)9-7-5-3-1-2-4-6-8(7)15-10(17)16-9/h1-6H2,(H,15,16,17). The second kappa shape index (κ2) is 4.50. The SMILES string of the molecule is O=c1nc(C(F)(F)F)c2c([nH]1)CCCCCC2. The minimum absolute atomic E-state index is 0.178. The summed E-state index contributed by atoms with van der Waals surface area (Å²) in [4.78, 5) is 16.7. The molecular weight excluding hydrogens is 233 g/mol. The van der Waals surface area contributed by atoms with Crippen molar-refractivity contribution in [3.05, 3.63) is 27.4 Å². The molecule has 17 heavy (non-hydrogen) atoms. The predicted molar refractivity (Wildman–Crippen MR) is 55.7 cm³/mol. The van der Waals surface area contributed by atoms with Gasteiger partial charge in [-0.3, -0.25) is 0 Å².